The van der Waals surface area contributed by atoms with Crippen molar-refractivity contribution in [2.24, 2.45) is 0 Å². The largest absolute Gasteiger partial charge is 0.494 e. The van der Waals surface area contributed by atoms with Crippen LogP contribution in [0.1, 0.15) is 26.3 Å². The van der Waals surface area contributed by atoms with Crippen molar-refractivity contribution in [3.05, 3.63) is 54.1 Å². The number of carbonyl (C=O) groups excluding carboxylic acids is 1. The van der Waals surface area contributed by atoms with Crippen molar-refractivity contribution < 1.29 is 17.9 Å². The van der Waals surface area contributed by atoms with Gasteiger partial charge < -0.3 is 10.1 Å². The third-order valence-electron chi connectivity index (χ3n) is 3.47. The van der Waals surface area contributed by atoms with Crippen LogP contribution in [-0.2, 0) is 21.2 Å². The number of benzene rings is 2. The van der Waals surface area contributed by atoms with Gasteiger partial charge in [-0.05, 0) is 62.7 Å². The smallest absolute Gasteiger partial charge is 0.261 e. The van der Waals surface area contributed by atoms with Crippen LogP contribution in [0.4, 0.5) is 5.69 Å². The lowest BCUT2D eigenvalue weighted by Crippen LogP contribution is -2.31. The monoisotopic (exact) mass is 376 g/mol. The number of hydrogen-bond donors (Lipinski definition) is 2. The summed E-state index contributed by atoms with van der Waals surface area (Å²) < 4.78 is 32.7. The predicted molar refractivity (Wildman–Crippen MR) is 102 cm³/mol. The van der Waals surface area contributed by atoms with Gasteiger partial charge in [0.25, 0.3) is 10.0 Å². The topological polar surface area (TPSA) is 84.5 Å². The molecule has 1 amide bonds. The molecule has 0 bridgehead atoms. The van der Waals surface area contributed by atoms with Gasteiger partial charge in [0.1, 0.15) is 5.75 Å². The van der Waals surface area contributed by atoms with Crippen molar-refractivity contribution in [2.45, 2.75) is 38.1 Å². The average Bonchev–Trinajstić information content (AvgIpc) is 2.56. The van der Waals surface area contributed by atoms with Crippen LogP contribution in [0.15, 0.2) is 53.4 Å². The summed E-state index contributed by atoms with van der Waals surface area (Å²) in [7, 11) is -3.68. The molecule has 6 nitrogen and oxygen atoms in total. The van der Waals surface area contributed by atoms with Gasteiger partial charge in [0.15, 0.2) is 0 Å². The zero-order valence-electron chi connectivity index (χ0n) is 15.2. The molecule has 0 unspecified atom stereocenters. The Morgan fingerprint density at radius 2 is 1.65 bits per heavy atom. The van der Waals surface area contributed by atoms with Gasteiger partial charge in [-0.1, -0.05) is 12.1 Å². The second kappa shape index (κ2) is 8.71. The lowest BCUT2D eigenvalue weighted by molar-refractivity contribution is -0.120. The van der Waals surface area contributed by atoms with Crippen LogP contribution in [0.2, 0.25) is 0 Å². The minimum absolute atomic E-state index is 0.0669. The molecule has 0 radical (unpaired) electrons. The van der Waals surface area contributed by atoms with Crippen molar-refractivity contribution in [1.82, 2.24) is 5.32 Å². The molecule has 0 fully saturated rings. The van der Waals surface area contributed by atoms with Gasteiger partial charge >= 0.3 is 0 Å². The average molecular weight is 376 g/mol. The van der Waals surface area contributed by atoms with Gasteiger partial charge in [0.2, 0.25) is 5.91 Å². The fourth-order valence-corrected chi connectivity index (χ4v) is 3.40. The number of sulfonamides is 1. The first-order valence-electron chi connectivity index (χ1n) is 8.44. The summed E-state index contributed by atoms with van der Waals surface area (Å²) in [6, 6.07) is 13.1. The van der Waals surface area contributed by atoms with E-state index < -0.39 is 10.0 Å². The Morgan fingerprint density at radius 3 is 2.19 bits per heavy atom. The lowest BCUT2D eigenvalue weighted by atomic mass is 10.1. The van der Waals surface area contributed by atoms with Crippen molar-refractivity contribution in [2.75, 3.05) is 11.3 Å². The van der Waals surface area contributed by atoms with Crippen LogP contribution < -0.4 is 14.8 Å². The van der Waals surface area contributed by atoms with E-state index in [4.69, 9.17) is 4.74 Å². The van der Waals surface area contributed by atoms with E-state index >= 15 is 0 Å². The zero-order chi connectivity index (χ0) is 19.2. The number of carbonyl (C=O) groups is 1. The zero-order valence-corrected chi connectivity index (χ0v) is 16.0. The van der Waals surface area contributed by atoms with Crippen LogP contribution in [0.25, 0.3) is 0 Å². The molecule has 0 saturated heterocycles. The highest BCUT2D eigenvalue weighted by Crippen LogP contribution is 2.19. The molecular weight excluding hydrogens is 352 g/mol. The Kier molecular flexibility index (Phi) is 6.63. The molecule has 2 N–H and O–H groups in total. The molecule has 0 saturated carbocycles. The molecule has 0 aromatic heterocycles. The van der Waals surface area contributed by atoms with Crippen molar-refractivity contribution in [1.29, 1.82) is 0 Å². The summed E-state index contributed by atoms with van der Waals surface area (Å²) in [5.41, 5.74) is 1.25. The van der Waals surface area contributed by atoms with Gasteiger partial charge in [-0.3, -0.25) is 9.52 Å². The maximum absolute atomic E-state index is 12.4. The van der Waals surface area contributed by atoms with Crippen molar-refractivity contribution >= 4 is 21.6 Å². The van der Waals surface area contributed by atoms with E-state index in [2.05, 4.69) is 10.0 Å². The maximum Gasteiger partial charge on any atom is 0.261 e. The summed E-state index contributed by atoms with van der Waals surface area (Å²) in [6.07, 6.45) is 0.254. The molecule has 0 aliphatic carbocycles. The number of nitrogens with one attached hydrogen (secondary N) is 2. The van der Waals surface area contributed by atoms with Gasteiger partial charge in [0, 0.05) is 11.7 Å². The van der Waals surface area contributed by atoms with E-state index in [-0.39, 0.29) is 23.3 Å². The molecule has 140 valence electrons. The Hall–Kier alpha value is -2.54. The van der Waals surface area contributed by atoms with Crippen molar-refractivity contribution in [3.63, 3.8) is 0 Å². The van der Waals surface area contributed by atoms with Crippen LogP contribution in [0.3, 0.4) is 0 Å². The fourth-order valence-electron chi connectivity index (χ4n) is 2.34. The van der Waals surface area contributed by atoms with E-state index in [9.17, 15) is 13.2 Å². The molecule has 2 aromatic carbocycles. The van der Waals surface area contributed by atoms with E-state index in [1.807, 2.05) is 20.8 Å². The third kappa shape index (κ3) is 5.77. The molecule has 7 heteroatoms. The van der Waals surface area contributed by atoms with E-state index in [0.717, 1.165) is 5.56 Å². The Morgan fingerprint density at radius 1 is 1.04 bits per heavy atom. The van der Waals surface area contributed by atoms with E-state index in [1.165, 1.54) is 12.1 Å². The van der Waals surface area contributed by atoms with Gasteiger partial charge in [0.05, 0.1) is 17.9 Å². The highest BCUT2D eigenvalue weighted by molar-refractivity contribution is 7.92. The maximum atomic E-state index is 12.4. The Balaban J connectivity index is 2.04. The normalized spacial score (nSPS) is 11.2. The molecule has 0 spiro atoms. The number of amides is 1. The highest BCUT2D eigenvalue weighted by Gasteiger charge is 2.14. The first kappa shape index (κ1) is 19.8. The molecule has 26 heavy (non-hydrogen) atoms. The standard InChI is InChI=1S/C19H24N2O4S/c1-4-25-17-9-11-18(12-10-17)26(23,24)21-16-7-5-15(6-8-16)13-19(22)20-14(2)3/h5-12,14,21H,4,13H2,1-3H3,(H,20,22). The second-order valence-electron chi connectivity index (χ2n) is 6.11. The van der Waals surface area contributed by atoms with E-state index in [1.54, 1.807) is 36.4 Å². The van der Waals surface area contributed by atoms with Crippen LogP contribution in [-0.4, -0.2) is 27.0 Å². The first-order chi connectivity index (χ1) is 12.3. The van der Waals surface area contributed by atoms with Crippen LogP contribution >= 0.6 is 0 Å². The molecule has 0 atom stereocenters. The number of anilines is 1. The molecule has 0 heterocycles. The number of hydrogen-bond acceptors (Lipinski definition) is 4. The van der Waals surface area contributed by atoms with Crippen molar-refractivity contribution in [3.8, 4) is 5.75 Å². The summed E-state index contributed by atoms with van der Waals surface area (Å²) >= 11 is 0. The highest BCUT2D eigenvalue weighted by atomic mass is 32.2. The SMILES string of the molecule is CCOc1ccc(S(=O)(=O)Nc2ccc(CC(=O)NC(C)C)cc2)cc1. The van der Waals surface area contributed by atoms with Gasteiger partial charge in [-0.2, -0.15) is 0 Å². The molecule has 0 aliphatic heterocycles. The van der Waals surface area contributed by atoms with E-state index in [0.29, 0.717) is 18.0 Å². The van der Waals surface area contributed by atoms with Gasteiger partial charge in [-0.25, -0.2) is 8.42 Å². The summed E-state index contributed by atoms with van der Waals surface area (Å²) in [4.78, 5) is 11.9. The Bertz CT molecular complexity index is 829. The summed E-state index contributed by atoms with van der Waals surface area (Å²) in [6.45, 7) is 6.18. The molecule has 2 rings (SSSR count). The molecule has 2 aromatic rings. The van der Waals surface area contributed by atoms with Crippen LogP contribution in [0, 0.1) is 0 Å². The number of ether oxygens (including phenoxy) is 1. The second-order valence-corrected chi connectivity index (χ2v) is 7.79. The fraction of sp³-hybridized carbons (Fsp3) is 0.316. The lowest BCUT2D eigenvalue weighted by Gasteiger charge is -2.11. The molecule has 0 aliphatic rings. The molecular formula is C19H24N2O4S. The predicted octanol–water partition coefficient (Wildman–Crippen LogP) is 2.95. The quantitative estimate of drug-likeness (QED) is 0.742. The summed E-state index contributed by atoms with van der Waals surface area (Å²) in [5.74, 6) is 0.554. The third-order valence-corrected chi connectivity index (χ3v) is 4.86. The summed E-state index contributed by atoms with van der Waals surface area (Å²) in [5, 5.41) is 2.82. The minimum atomic E-state index is -3.68. The minimum Gasteiger partial charge on any atom is -0.494 e. The number of rotatable bonds is 8. The Labute approximate surface area is 154 Å². The van der Waals surface area contributed by atoms with Gasteiger partial charge in [-0.15, -0.1) is 0 Å². The first-order valence-corrected chi connectivity index (χ1v) is 9.92. The van der Waals surface area contributed by atoms with Crippen LogP contribution in [0.5, 0.6) is 5.75 Å².